The van der Waals surface area contributed by atoms with Crippen LogP contribution in [0.3, 0.4) is 0 Å². The van der Waals surface area contributed by atoms with Crippen LogP contribution in [0.15, 0.2) is 30.6 Å². The number of halogens is 3. The van der Waals surface area contributed by atoms with Crippen molar-refractivity contribution >= 4 is 42.5 Å². The summed E-state index contributed by atoms with van der Waals surface area (Å²) in [6.07, 6.45) is 1.56. The molecule has 0 saturated heterocycles. The lowest BCUT2D eigenvalue weighted by atomic mass is 10.2. The summed E-state index contributed by atoms with van der Waals surface area (Å²) >= 11 is 6.37. The molecule has 0 saturated carbocycles. The van der Waals surface area contributed by atoms with Crippen LogP contribution >= 0.6 is 11.6 Å². The van der Waals surface area contributed by atoms with Crippen LogP contribution in [0, 0.1) is 11.6 Å². The first-order valence-electron chi connectivity index (χ1n) is 9.43. The summed E-state index contributed by atoms with van der Waals surface area (Å²) in [5, 5.41) is 11.2. The van der Waals surface area contributed by atoms with Crippen molar-refractivity contribution in [1.29, 1.82) is 0 Å². The van der Waals surface area contributed by atoms with Crippen molar-refractivity contribution in [1.82, 2.24) is 9.55 Å². The van der Waals surface area contributed by atoms with Gasteiger partial charge in [-0.3, -0.25) is 5.32 Å². The zero-order chi connectivity index (χ0) is 22.8. The van der Waals surface area contributed by atoms with E-state index in [4.69, 9.17) is 26.2 Å². The molecule has 0 aliphatic carbocycles. The minimum Gasteiger partial charge on any atom is -0.465 e. The standard InChI is InChI=1S/C20H22ClF2N3O4Si/c1-31(2,3)7-6-29-11-26-10-13(21)17-16(4-5-24-19(17)26)30-12-8-14(22)18(15(23)9-12)25-20(27)28/h4-5,8-10,25H,6-7,11H2,1-3H3,(H,27,28). The maximum atomic E-state index is 14.1. The maximum absolute atomic E-state index is 14.1. The molecule has 0 atom stereocenters. The molecule has 11 heteroatoms. The normalized spacial score (nSPS) is 11.7. The zero-order valence-corrected chi connectivity index (χ0v) is 19.0. The molecule has 3 aromatic rings. The fraction of sp³-hybridized carbons (Fsp3) is 0.300. The van der Waals surface area contributed by atoms with Gasteiger partial charge in [-0.2, -0.15) is 0 Å². The lowest BCUT2D eigenvalue weighted by molar-refractivity contribution is 0.0899. The van der Waals surface area contributed by atoms with Gasteiger partial charge in [-0.1, -0.05) is 31.2 Å². The van der Waals surface area contributed by atoms with Gasteiger partial charge in [0.05, 0.1) is 10.4 Å². The van der Waals surface area contributed by atoms with E-state index in [9.17, 15) is 13.6 Å². The van der Waals surface area contributed by atoms with E-state index in [1.165, 1.54) is 12.3 Å². The number of fused-ring (bicyclic) bond motifs is 1. The molecule has 7 nitrogen and oxygen atoms in total. The SMILES string of the molecule is C[Si](C)(C)CCOCn1cc(Cl)c2c(Oc3cc(F)c(NC(=O)O)c(F)c3)ccnc21. The third-order valence-electron chi connectivity index (χ3n) is 4.37. The molecule has 1 amide bonds. The molecule has 2 heterocycles. The zero-order valence-electron chi connectivity index (χ0n) is 17.2. The van der Waals surface area contributed by atoms with Gasteiger partial charge < -0.3 is 19.1 Å². The van der Waals surface area contributed by atoms with Gasteiger partial charge in [-0.25, -0.2) is 18.6 Å². The minimum atomic E-state index is -1.58. The maximum Gasteiger partial charge on any atom is 0.409 e. The van der Waals surface area contributed by atoms with Gasteiger partial charge in [0.25, 0.3) is 0 Å². The fourth-order valence-corrected chi connectivity index (χ4v) is 3.88. The quantitative estimate of drug-likeness (QED) is 0.304. The Bertz CT molecular complexity index is 1090. The fourth-order valence-electron chi connectivity index (χ4n) is 2.83. The molecule has 0 radical (unpaired) electrons. The van der Waals surface area contributed by atoms with E-state index >= 15 is 0 Å². The number of nitrogens with zero attached hydrogens (tertiary/aromatic N) is 2. The molecule has 31 heavy (non-hydrogen) atoms. The molecule has 0 spiro atoms. The Morgan fingerprint density at radius 3 is 2.58 bits per heavy atom. The number of anilines is 1. The number of aromatic nitrogens is 2. The topological polar surface area (TPSA) is 85.6 Å². The third-order valence-corrected chi connectivity index (χ3v) is 6.37. The van der Waals surface area contributed by atoms with Crippen LogP contribution < -0.4 is 10.1 Å². The summed E-state index contributed by atoms with van der Waals surface area (Å²) in [7, 11) is -1.21. The Labute approximate surface area is 183 Å². The first-order valence-corrected chi connectivity index (χ1v) is 13.5. The Hall–Kier alpha value is -2.69. The van der Waals surface area contributed by atoms with Gasteiger partial charge in [0.2, 0.25) is 0 Å². The molecule has 1 aromatic carbocycles. The van der Waals surface area contributed by atoms with Crippen molar-refractivity contribution in [3.05, 3.63) is 47.2 Å². The number of pyridine rings is 1. The Balaban J connectivity index is 1.84. The van der Waals surface area contributed by atoms with Crippen molar-refractivity contribution < 1.29 is 28.2 Å². The van der Waals surface area contributed by atoms with Crippen LogP contribution in [0.25, 0.3) is 11.0 Å². The number of carboxylic acid groups (broad SMARTS) is 1. The van der Waals surface area contributed by atoms with E-state index in [1.54, 1.807) is 16.1 Å². The Kier molecular flexibility index (Phi) is 6.82. The van der Waals surface area contributed by atoms with E-state index in [0.717, 1.165) is 18.2 Å². The second-order valence-electron chi connectivity index (χ2n) is 8.10. The predicted octanol–water partition coefficient (Wildman–Crippen LogP) is 6.16. The van der Waals surface area contributed by atoms with Gasteiger partial charge in [0.1, 0.15) is 29.6 Å². The molecular formula is C20H22ClF2N3O4Si. The molecule has 0 fully saturated rings. The highest BCUT2D eigenvalue weighted by molar-refractivity contribution is 6.76. The number of hydrogen-bond donors (Lipinski definition) is 2. The van der Waals surface area contributed by atoms with Crippen molar-refractivity contribution in [3.63, 3.8) is 0 Å². The van der Waals surface area contributed by atoms with Crippen molar-refractivity contribution in [2.24, 2.45) is 0 Å². The largest absolute Gasteiger partial charge is 0.465 e. The molecule has 2 N–H and O–H groups in total. The molecule has 166 valence electrons. The molecule has 3 rings (SSSR count). The highest BCUT2D eigenvalue weighted by Gasteiger charge is 2.18. The van der Waals surface area contributed by atoms with E-state index in [-0.39, 0.29) is 18.2 Å². The van der Waals surface area contributed by atoms with Gasteiger partial charge in [-0.05, 0) is 12.1 Å². The summed E-state index contributed by atoms with van der Waals surface area (Å²) in [6, 6.07) is 4.30. The lowest BCUT2D eigenvalue weighted by Gasteiger charge is -2.15. The van der Waals surface area contributed by atoms with Crippen LogP contribution in [-0.2, 0) is 11.5 Å². The van der Waals surface area contributed by atoms with Crippen molar-refractivity contribution in [3.8, 4) is 11.5 Å². The predicted molar refractivity (Wildman–Crippen MR) is 117 cm³/mol. The number of ether oxygens (including phenoxy) is 2. The number of amides is 1. The highest BCUT2D eigenvalue weighted by atomic mass is 35.5. The lowest BCUT2D eigenvalue weighted by Crippen LogP contribution is -2.22. The van der Waals surface area contributed by atoms with Crippen molar-refractivity contribution in [2.75, 3.05) is 11.9 Å². The van der Waals surface area contributed by atoms with Gasteiger partial charge in [0.15, 0.2) is 11.6 Å². The first kappa shape index (κ1) is 23.0. The van der Waals surface area contributed by atoms with Gasteiger partial charge >= 0.3 is 6.09 Å². The van der Waals surface area contributed by atoms with E-state index in [2.05, 4.69) is 24.6 Å². The first-order chi connectivity index (χ1) is 14.5. The second kappa shape index (κ2) is 9.21. The summed E-state index contributed by atoms with van der Waals surface area (Å²) in [5.41, 5.74) is -0.278. The highest BCUT2D eigenvalue weighted by Crippen LogP contribution is 2.36. The number of carbonyl (C=O) groups is 1. The minimum absolute atomic E-state index is 0.159. The molecule has 0 aliphatic rings. The van der Waals surface area contributed by atoms with Crippen LogP contribution in [0.4, 0.5) is 19.3 Å². The second-order valence-corrected chi connectivity index (χ2v) is 14.1. The smallest absolute Gasteiger partial charge is 0.409 e. The van der Waals surface area contributed by atoms with Crippen molar-refractivity contribution in [2.45, 2.75) is 32.4 Å². The average Bonchev–Trinajstić information content (AvgIpc) is 2.98. The van der Waals surface area contributed by atoms with E-state index < -0.39 is 31.5 Å². The van der Waals surface area contributed by atoms with Gasteiger partial charge in [-0.15, -0.1) is 0 Å². The number of nitrogens with one attached hydrogen (secondary N) is 1. The monoisotopic (exact) mass is 469 g/mol. The molecule has 0 bridgehead atoms. The van der Waals surface area contributed by atoms with Crippen LogP contribution in [0.1, 0.15) is 0 Å². The number of benzene rings is 1. The third kappa shape index (κ3) is 5.72. The van der Waals surface area contributed by atoms with E-state index in [1.807, 2.05) is 0 Å². The molecule has 0 aliphatic heterocycles. The number of hydrogen-bond acceptors (Lipinski definition) is 4. The molecule has 2 aromatic heterocycles. The number of rotatable bonds is 8. The molecule has 0 unspecified atom stereocenters. The van der Waals surface area contributed by atoms with Crippen LogP contribution in [0.2, 0.25) is 30.7 Å². The molecular weight excluding hydrogens is 448 g/mol. The Morgan fingerprint density at radius 2 is 1.97 bits per heavy atom. The summed E-state index contributed by atoms with van der Waals surface area (Å²) in [4.78, 5) is 15.0. The summed E-state index contributed by atoms with van der Waals surface area (Å²) in [5.74, 6) is -2.13. The van der Waals surface area contributed by atoms with E-state index in [0.29, 0.717) is 22.7 Å². The van der Waals surface area contributed by atoms with Gasteiger partial charge in [0, 0.05) is 39.2 Å². The Morgan fingerprint density at radius 1 is 1.29 bits per heavy atom. The summed E-state index contributed by atoms with van der Waals surface area (Å²) in [6.45, 7) is 7.67. The average molecular weight is 470 g/mol. The van der Waals surface area contributed by atoms with Crippen LogP contribution in [-0.4, -0.2) is 35.4 Å². The summed E-state index contributed by atoms with van der Waals surface area (Å²) < 4.78 is 41.4. The van der Waals surface area contributed by atoms with Crippen LogP contribution in [0.5, 0.6) is 11.5 Å².